The van der Waals surface area contributed by atoms with Gasteiger partial charge < -0.3 is 0 Å². The number of hydrogen-bond donors (Lipinski definition) is 0. The summed E-state index contributed by atoms with van der Waals surface area (Å²) in [4.78, 5) is 20.3. The van der Waals surface area contributed by atoms with Crippen molar-refractivity contribution in [2.24, 2.45) is 0 Å². The summed E-state index contributed by atoms with van der Waals surface area (Å²) in [5.41, 5.74) is 2.01. The summed E-state index contributed by atoms with van der Waals surface area (Å²) in [5, 5.41) is 1.08. The van der Waals surface area contributed by atoms with Gasteiger partial charge in [-0.05, 0) is 46.4 Å². The summed E-state index contributed by atoms with van der Waals surface area (Å²) < 4.78 is 2.24. The average Bonchev–Trinajstić information content (AvgIpc) is 2.44. The topological polar surface area (TPSA) is 47.8 Å². The number of benzene rings is 1. The first-order chi connectivity index (χ1) is 9.24. The van der Waals surface area contributed by atoms with E-state index in [9.17, 15) is 4.79 Å². The number of aromatic nitrogens is 3. The maximum Gasteiger partial charge on any atom is 0.267 e. The molecular weight excluding hydrogens is 353 g/mol. The van der Waals surface area contributed by atoms with Crippen LogP contribution >= 0.6 is 22.6 Å². The number of pyridine rings is 1. The molecule has 0 aliphatic heterocycles. The maximum atomic E-state index is 11.9. The van der Waals surface area contributed by atoms with Crippen molar-refractivity contribution in [3.63, 3.8) is 0 Å². The molecule has 0 radical (unpaired) electrons. The summed E-state index contributed by atoms with van der Waals surface area (Å²) in [6.07, 6.45) is 4.91. The van der Waals surface area contributed by atoms with E-state index in [1.54, 1.807) is 23.3 Å². The van der Waals surface area contributed by atoms with Gasteiger partial charge in [-0.1, -0.05) is 12.1 Å². The second-order valence-corrected chi connectivity index (χ2v) is 5.37. The molecule has 5 heteroatoms. The molecule has 0 amide bonds. The molecule has 0 spiro atoms. The van der Waals surface area contributed by atoms with E-state index in [4.69, 9.17) is 0 Å². The molecule has 0 aliphatic carbocycles. The third kappa shape index (κ3) is 2.51. The minimum Gasteiger partial charge on any atom is -0.294 e. The number of nitrogens with zero attached hydrogens (tertiary/aromatic N) is 3. The molecule has 0 fully saturated rings. The van der Waals surface area contributed by atoms with Crippen LogP contribution in [0.1, 0.15) is 5.56 Å². The fourth-order valence-corrected chi connectivity index (χ4v) is 2.43. The molecule has 0 atom stereocenters. The molecule has 0 unspecified atom stereocenters. The SMILES string of the molecule is O=c1c(I)cncn1Cc1ccc2ncccc2c1. The standard InChI is InChI=1S/C14H10IN3O/c15-12-7-16-9-18(14(12)19)8-10-3-4-13-11(6-10)2-1-5-17-13/h1-7,9H,8H2. The van der Waals surface area contributed by atoms with Crippen LogP contribution in [-0.2, 0) is 6.54 Å². The van der Waals surface area contributed by atoms with Crippen molar-refractivity contribution in [1.82, 2.24) is 14.5 Å². The molecule has 3 rings (SSSR count). The Balaban J connectivity index is 2.01. The van der Waals surface area contributed by atoms with Crippen molar-refractivity contribution >= 4 is 33.5 Å². The third-order valence-corrected chi connectivity index (χ3v) is 3.62. The zero-order valence-corrected chi connectivity index (χ0v) is 12.1. The van der Waals surface area contributed by atoms with E-state index in [1.807, 2.05) is 46.9 Å². The molecule has 3 aromatic rings. The molecule has 0 bridgehead atoms. The van der Waals surface area contributed by atoms with E-state index < -0.39 is 0 Å². The van der Waals surface area contributed by atoms with E-state index in [0.29, 0.717) is 10.1 Å². The summed E-state index contributed by atoms with van der Waals surface area (Å²) in [6, 6.07) is 9.93. The van der Waals surface area contributed by atoms with Gasteiger partial charge in [-0.2, -0.15) is 0 Å². The Labute approximate surface area is 123 Å². The minimum absolute atomic E-state index is 0.0121. The third-order valence-electron chi connectivity index (χ3n) is 2.88. The van der Waals surface area contributed by atoms with E-state index >= 15 is 0 Å². The van der Waals surface area contributed by atoms with Crippen LogP contribution in [0.2, 0.25) is 0 Å². The Morgan fingerprint density at radius 2 is 2.16 bits per heavy atom. The minimum atomic E-state index is -0.0121. The van der Waals surface area contributed by atoms with Crippen molar-refractivity contribution in [2.75, 3.05) is 0 Å². The number of fused-ring (bicyclic) bond motifs is 1. The highest BCUT2D eigenvalue weighted by atomic mass is 127. The smallest absolute Gasteiger partial charge is 0.267 e. The molecule has 0 N–H and O–H groups in total. The van der Waals surface area contributed by atoms with E-state index in [0.717, 1.165) is 16.5 Å². The van der Waals surface area contributed by atoms with E-state index in [2.05, 4.69) is 16.0 Å². The fraction of sp³-hybridized carbons (Fsp3) is 0.0714. The van der Waals surface area contributed by atoms with Gasteiger partial charge in [-0.3, -0.25) is 14.3 Å². The molecule has 1 aromatic carbocycles. The maximum absolute atomic E-state index is 11.9. The zero-order chi connectivity index (χ0) is 13.2. The first kappa shape index (κ1) is 12.3. The Hall–Kier alpha value is -1.76. The lowest BCUT2D eigenvalue weighted by molar-refractivity contribution is 0.731. The quantitative estimate of drug-likeness (QED) is 0.658. The molecule has 0 saturated carbocycles. The Bertz CT molecular complexity index is 798. The van der Waals surface area contributed by atoms with Crippen molar-refractivity contribution < 1.29 is 0 Å². The highest BCUT2D eigenvalue weighted by Gasteiger charge is 2.03. The second-order valence-electron chi connectivity index (χ2n) is 4.21. The first-order valence-corrected chi connectivity index (χ1v) is 6.85. The summed E-state index contributed by atoms with van der Waals surface area (Å²) in [5.74, 6) is 0. The lowest BCUT2D eigenvalue weighted by Gasteiger charge is -2.06. The van der Waals surface area contributed by atoms with Gasteiger partial charge in [0.15, 0.2) is 0 Å². The van der Waals surface area contributed by atoms with Crippen LogP contribution in [0.5, 0.6) is 0 Å². The Morgan fingerprint density at radius 3 is 3.05 bits per heavy atom. The predicted molar refractivity (Wildman–Crippen MR) is 82.1 cm³/mol. The molecule has 2 heterocycles. The van der Waals surface area contributed by atoms with Crippen molar-refractivity contribution in [3.8, 4) is 0 Å². The van der Waals surface area contributed by atoms with Gasteiger partial charge in [-0.25, -0.2) is 4.98 Å². The largest absolute Gasteiger partial charge is 0.294 e. The molecule has 0 aliphatic rings. The fourth-order valence-electron chi connectivity index (χ4n) is 1.96. The summed E-state index contributed by atoms with van der Waals surface area (Å²) in [6.45, 7) is 0.521. The highest BCUT2D eigenvalue weighted by Crippen LogP contribution is 2.13. The van der Waals surface area contributed by atoms with Gasteiger partial charge in [-0.15, -0.1) is 0 Å². The van der Waals surface area contributed by atoms with Crippen molar-refractivity contribution in [3.05, 3.63) is 68.5 Å². The summed E-state index contributed by atoms with van der Waals surface area (Å²) in [7, 11) is 0. The van der Waals surface area contributed by atoms with Crippen LogP contribution in [0.4, 0.5) is 0 Å². The Kier molecular flexibility index (Phi) is 3.29. The highest BCUT2D eigenvalue weighted by molar-refractivity contribution is 14.1. The average molecular weight is 363 g/mol. The molecule has 0 saturated heterocycles. The van der Waals surface area contributed by atoms with Crippen LogP contribution in [-0.4, -0.2) is 14.5 Å². The van der Waals surface area contributed by atoms with Crippen LogP contribution in [0.15, 0.2) is 53.8 Å². The molecule has 2 aromatic heterocycles. The predicted octanol–water partition coefficient (Wildman–Crippen LogP) is 2.44. The van der Waals surface area contributed by atoms with Gasteiger partial charge in [0, 0.05) is 17.8 Å². The van der Waals surface area contributed by atoms with E-state index in [-0.39, 0.29) is 5.56 Å². The van der Waals surface area contributed by atoms with Crippen LogP contribution in [0, 0.1) is 3.57 Å². The number of hydrogen-bond acceptors (Lipinski definition) is 3. The lowest BCUT2D eigenvalue weighted by Crippen LogP contribution is -2.22. The van der Waals surface area contributed by atoms with Gasteiger partial charge in [0.1, 0.15) is 0 Å². The van der Waals surface area contributed by atoms with Gasteiger partial charge >= 0.3 is 0 Å². The van der Waals surface area contributed by atoms with Crippen LogP contribution in [0.25, 0.3) is 10.9 Å². The molecular formula is C14H10IN3O. The number of halogens is 1. The van der Waals surface area contributed by atoms with E-state index in [1.165, 1.54) is 0 Å². The molecule has 94 valence electrons. The van der Waals surface area contributed by atoms with Gasteiger partial charge in [0.05, 0.1) is 22.0 Å². The normalized spacial score (nSPS) is 10.8. The summed E-state index contributed by atoms with van der Waals surface area (Å²) >= 11 is 2.00. The van der Waals surface area contributed by atoms with Gasteiger partial charge in [0.25, 0.3) is 5.56 Å². The van der Waals surface area contributed by atoms with Crippen LogP contribution < -0.4 is 5.56 Å². The van der Waals surface area contributed by atoms with Gasteiger partial charge in [0.2, 0.25) is 0 Å². The van der Waals surface area contributed by atoms with Crippen LogP contribution in [0.3, 0.4) is 0 Å². The lowest BCUT2D eigenvalue weighted by atomic mass is 10.1. The molecule has 4 nitrogen and oxygen atoms in total. The number of rotatable bonds is 2. The first-order valence-electron chi connectivity index (χ1n) is 5.77. The van der Waals surface area contributed by atoms with Crippen molar-refractivity contribution in [2.45, 2.75) is 6.54 Å². The zero-order valence-electron chi connectivity index (χ0n) is 9.95. The molecule has 19 heavy (non-hydrogen) atoms. The second kappa shape index (κ2) is 5.08. The van der Waals surface area contributed by atoms with Crippen molar-refractivity contribution in [1.29, 1.82) is 0 Å². The Morgan fingerprint density at radius 1 is 1.26 bits per heavy atom. The monoisotopic (exact) mass is 363 g/mol.